The average molecular weight is 411 g/mol. The highest BCUT2D eigenvalue weighted by molar-refractivity contribution is 6.24. The van der Waals surface area contributed by atoms with E-state index in [1.807, 2.05) is 0 Å². The topological polar surface area (TPSA) is 105 Å². The second-order valence-electron chi connectivity index (χ2n) is 6.38. The molecule has 0 radical (unpaired) electrons. The molecule has 2 heterocycles. The van der Waals surface area contributed by atoms with Crippen LogP contribution in [-0.2, 0) is 30.1 Å². The van der Waals surface area contributed by atoms with Crippen LogP contribution in [0.25, 0.3) is 0 Å². The maximum atomic E-state index is 12.9. The number of amides is 2. The van der Waals surface area contributed by atoms with Gasteiger partial charge in [-0.3, -0.25) is 14.4 Å². The molecule has 8 nitrogen and oxygen atoms in total. The number of carbonyl (C=O) groups excluding carboxylic acids is 4. The maximum absolute atomic E-state index is 12.9. The molecular formula is C18H16F3N3O5. The summed E-state index contributed by atoms with van der Waals surface area (Å²) in [6, 6.07) is 2.88. The number of hydrogen-bond acceptors (Lipinski definition) is 6. The standard InChI is InChI=1S/C18H16F3N3O5/c1-29-17(28)13-12(25)8-11(24-6-5-22-16(27)14(13)24)15(26)23-10-4-2-3-9(7-10)18(19,20)21/h2-4,7,11H,5-6,8H2,1H3,(H,22,27)(H,23,26)/t11-/m0/s1. The van der Waals surface area contributed by atoms with Crippen LogP contribution in [0.15, 0.2) is 35.5 Å². The van der Waals surface area contributed by atoms with Crippen molar-refractivity contribution in [3.8, 4) is 0 Å². The Morgan fingerprint density at radius 3 is 2.66 bits per heavy atom. The van der Waals surface area contributed by atoms with Crippen LogP contribution in [0.1, 0.15) is 12.0 Å². The van der Waals surface area contributed by atoms with Gasteiger partial charge in [-0.25, -0.2) is 4.79 Å². The van der Waals surface area contributed by atoms with Crippen LogP contribution in [0, 0.1) is 0 Å². The number of rotatable bonds is 3. The summed E-state index contributed by atoms with van der Waals surface area (Å²) in [7, 11) is 1.06. The lowest BCUT2D eigenvalue weighted by Crippen LogP contribution is -2.57. The predicted octanol–water partition coefficient (Wildman–Crippen LogP) is 0.844. The lowest BCUT2D eigenvalue weighted by molar-refractivity contribution is -0.141. The van der Waals surface area contributed by atoms with Gasteiger partial charge in [0.2, 0.25) is 5.91 Å². The third-order valence-electron chi connectivity index (χ3n) is 4.56. The van der Waals surface area contributed by atoms with Crippen molar-refractivity contribution in [2.45, 2.75) is 18.6 Å². The number of benzene rings is 1. The molecule has 1 saturated heterocycles. The van der Waals surface area contributed by atoms with Crippen molar-refractivity contribution in [2.75, 3.05) is 25.5 Å². The highest BCUT2D eigenvalue weighted by atomic mass is 19.4. The van der Waals surface area contributed by atoms with E-state index >= 15 is 0 Å². The smallest absolute Gasteiger partial charge is 0.416 e. The third-order valence-corrected chi connectivity index (χ3v) is 4.56. The molecule has 11 heteroatoms. The van der Waals surface area contributed by atoms with Gasteiger partial charge in [0.15, 0.2) is 5.78 Å². The number of ketones is 1. The summed E-state index contributed by atoms with van der Waals surface area (Å²) in [6.07, 6.45) is -5.01. The first-order chi connectivity index (χ1) is 13.6. The van der Waals surface area contributed by atoms with E-state index in [4.69, 9.17) is 0 Å². The number of halogens is 3. The minimum Gasteiger partial charge on any atom is -0.465 e. The summed E-state index contributed by atoms with van der Waals surface area (Å²) in [5, 5.41) is 4.84. The molecular weight excluding hydrogens is 395 g/mol. The molecule has 0 aliphatic carbocycles. The molecule has 3 rings (SSSR count). The number of Topliss-reactive ketones (excluding diaryl/α,β-unsaturated/α-hetero) is 1. The van der Waals surface area contributed by atoms with Crippen molar-refractivity contribution in [1.82, 2.24) is 10.2 Å². The molecule has 0 saturated carbocycles. The zero-order chi connectivity index (χ0) is 21.3. The van der Waals surface area contributed by atoms with Gasteiger partial charge in [-0.05, 0) is 18.2 Å². The number of piperazine rings is 1. The van der Waals surface area contributed by atoms with E-state index in [-0.39, 0.29) is 24.5 Å². The lowest BCUT2D eigenvalue weighted by atomic mass is 9.92. The van der Waals surface area contributed by atoms with Gasteiger partial charge in [-0.15, -0.1) is 0 Å². The first kappa shape index (κ1) is 20.4. The molecule has 154 valence electrons. The fraction of sp³-hybridized carbons (Fsp3) is 0.333. The summed E-state index contributed by atoms with van der Waals surface area (Å²) in [5.41, 5.74) is -1.78. The van der Waals surface area contributed by atoms with Gasteiger partial charge >= 0.3 is 12.1 Å². The number of carbonyl (C=O) groups is 4. The first-order valence-electron chi connectivity index (χ1n) is 8.52. The predicted molar refractivity (Wildman–Crippen MR) is 92.2 cm³/mol. The largest absolute Gasteiger partial charge is 0.465 e. The minimum absolute atomic E-state index is 0.108. The first-order valence-corrected chi connectivity index (χ1v) is 8.52. The maximum Gasteiger partial charge on any atom is 0.416 e. The summed E-state index contributed by atoms with van der Waals surface area (Å²) in [6.45, 7) is 0.299. The second-order valence-corrected chi connectivity index (χ2v) is 6.38. The van der Waals surface area contributed by atoms with E-state index in [0.29, 0.717) is 0 Å². The lowest BCUT2D eigenvalue weighted by Gasteiger charge is -2.40. The van der Waals surface area contributed by atoms with Gasteiger partial charge in [-0.2, -0.15) is 13.2 Å². The number of alkyl halides is 3. The average Bonchev–Trinajstić information content (AvgIpc) is 2.67. The molecule has 1 fully saturated rings. The molecule has 1 aromatic rings. The van der Waals surface area contributed by atoms with Gasteiger partial charge in [0, 0.05) is 25.2 Å². The molecule has 2 aliphatic heterocycles. The molecule has 2 amide bonds. The number of methoxy groups -OCH3 is 1. The number of anilines is 1. The Morgan fingerprint density at radius 1 is 1.28 bits per heavy atom. The number of nitrogens with one attached hydrogen (secondary N) is 2. The molecule has 1 atom stereocenters. The molecule has 2 aliphatic rings. The van der Waals surface area contributed by atoms with Crippen LogP contribution < -0.4 is 10.6 Å². The number of hydrogen-bond donors (Lipinski definition) is 2. The Kier molecular flexibility index (Phi) is 5.31. The van der Waals surface area contributed by atoms with Crippen LogP contribution in [-0.4, -0.2) is 54.7 Å². The summed E-state index contributed by atoms with van der Waals surface area (Å²) in [5.74, 6) is -3.23. The number of fused-ring (bicyclic) bond motifs is 1. The Hall–Kier alpha value is -3.37. The van der Waals surface area contributed by atoms with Crippen LogP contribution >= 0.6 is 0 Å². The Labute approximate surface area is 162 Å². The molecule has 0 bridgehead atoms. The Bertz CT molecular complexity index is 926. The number of ether oxygens (including phenoxy) is 1. The monoisotopic (exact) mass is 411 g/mol. The van der Waals surface area contributed by atoms with Crippen molar-refractivity contribution in [3.05, 3.63) is 41.1 Å². The summed E-state index contributed by atoms with van der Waals surface area (Å²) < 4.78 is 43.2. The minimum atomic E-state index is -4.59. The highest BCUT2D eigenvalue weighted by Gasteiger charge is 2.44. The third kappa shape index (κ3) is 3.93. The van der Waals surface area contributed by atoms with E-state index in [9.17, 15) is 32.3 Å². The second kappa shape index (κ2) is 7.57. The van der Waals surface area contributed by atoms with E-state index in [0.717, 1.165) is 25.3 Å². The van der Waals surface area contributed by atoms with Crippen molar-refractivity contribution >= 4 is 29.3 Å². The van der Waals surface area contributed by atoms with Crippen LogP contribution in [0.5, 0.6) is 0 Å². The van der Waals surface area contributed by atoms with Gasteiger partial charge in [0.1, 0.15) is 17.3 Å². The molecule has 29 heavy (non-hydrogen) atoms. The Morgan fingerprint density at radius 2 is 2.00 bits per heavy atom. The normalized spacial score (nSPS) is 19.4. The molecule has 0 spiro atoms. The van der Waals surface area contributed by atoms with Crippen LogP contribution in [0.3, 0.4) is 0 Å². The molecule has 2 N–H and O–H groups in total. The van der Waals surface area contributed by atoms with E-state index in [1.54, 1.807) is 0 Å². The van der Waals surface area contributed by atoms with Crippen molar-refractivity contribution < 1.29 is 37.1 Å². The van der Waals surface area contributed by atoms with Gasteiger partial charge in [0.05, 0.1) is 12.7 Å². The SMILES string of the molecule is COC(=O)C1=C2C(=O)NCCN2[C@H](C(=O)Nc2cccc(C(F)(F)F)c2)CC1=O. The van der Waals surface area contributed by atoms with Gasteiger partial charge in [0.25, 0.3) is 5.91 Å². The quantitative estimate of drug-likeness (QED) is 0.564. The van der Waals surface area contributed by atoms with Crippen molar-refractivity contribution in [2.24, 2.45) is 0 Å². The molecule has 1 aromatic carbocycles. The van der Waals surface area contributed by atoms with Crippen molar-refractivity contribution in [1.29, 1.82) is 0 Å². The van der Waals surface area contributed by atoms with Crippen LogP contribution in [0.4, 0.5) is 18.9 Å². The van der Waals surface area contributed by atoms with Crippen molar-refractivity contribution in [3.63, 3.8) is 0 Å². The van der Waals surface area contributed by atoms with E-state index in [1.165, 1.54) is 11.0 Å². The Balaban J connectivity index is 1.91. The number of esters is 1. The fourth-order valence-corrected chi connectivity index (χ4v) is 3.25. The molecule has 0 aromatic heterocycles. The zero-order valence-corrected chi connectivity index (χ0v) is 15.1. The van der Waals surface area contributed by atoms with Gasteiger partial charge < -0.3 is 20.3 Å². The van der Waals surface area contributed by atoms with Gasteiger partial charge in [-0.1, -0.05) is 6.07 Å². The zero-order valence-electron chi connectivity index (χ0n) is 15.1. The number of nitrogens with zero attached hydrogens (tertiary/aromatic N) is 1. The fourth-order valence-electron chi connectivity index (χ4n) is 3.25. The highest BCUT2D eigenvalue weighted by Crippen LogP contribution is 2.32. The van der Waals surface area contributed by atoms with Crippen LogP contribution in [0.2, 0.25) is 0 Å². The molecule has 0 unspecified atom stereocenters. The summed E-state index contributed by atoms with van der Waals surface area (Å²) in [4.78, 5) is 50.7. The van der Waals surface area contributed by atoms with E-state index < -0.39 is 53.3 Å². The summed E-state index contributed by atoms with van der Waals surface area (Å²) >= 11 is 0. The van der Waals surface area contributed by atoms with E-state index in [2.05, 4.69) is 15.4 Å².